The zero-order valence-corrected chi connectivity index (χ0v) is 10.0. The molecule has 104 valence electrons. The highest BCUT2D eigenvalue weighted by Crippen LogP contribution is 2.14. The summed E-state index contributed by atoms with van der Waals surface area (Å²) in [6, 6.07) is 0. The van der Waals surface area contributed by atoms with E-state index >= 15 is 0 Å². The Balaban J connectivity index is 2.35. The summed E-state index contributed by atoms with van der Waals surface area (Å²) in [5, 5.41) is 13.5. The first-order chi connectivity index (χ1) is 8.42. The van der Waals surface area contributed by atoms with Crippen LogP contribution in [0.5, 0.6) is 0 Å². The van der Waals surface area contributed by atoms with Crippen molar-refractivity contribution in [3.8, 4) is 0 Å². The number of hydrogen-bond donors (Lipinski definition) is 1. The largest absolute Gasteiger partial charge is 0.411 e. The van der Waals surface area contributed by atoms with Crippen molar-refractivity contribution < 1.29 is 23.0 Å². The third-order valence-corrected chi connectivity index (χ3v) is 2.13. The molecule has 1 aromatic heterocycles. The fraction of sp³-hybridized carbons (Fsp3) is 0.800. The first kappa shape index (κ1) is 14.9. The molecule has 18 heavy (non-hydrogen) atoms. The minimum Gasteiger partial charge on any atom is -0.390 e. The standard InChI is InChI=1S/C10H16F3N3O2/c1-2-3-16-9(14-7-15-16)4-8(17)5-18-6-10(11,12)13/h7-8,17H,2-6H2,1H3. The highest BCUT2D eigenvalue weighted by molar-refractivity contribution is 4.87. The highest BCUT2D eigenvalue weighted by atomic mass is 19.4. The molecule has 0 bridgehead atoms. The van der Waals surface area contributed by atoms with Crippen LogP contribution in [0.4, 0.5) is 13.2 Å². The number of aromatic nitrogens is 3. The lowest BCUT2D eigenvalue weighted by molar-refractivity contribution is -0.179. The molecule has 1 heterocycles. The molecule has 8 heteroatoms. The third kappa shape index (κ3) is 5.46. The summed E-state index contributed by atoms with van der Waals surface area (Å²) in [6.45, 7) is 0.893. The van der Waals surface area contributed by atoms with Gasteiger partial charge in [0.05, 0.1) is 12.7 Å². The lowest BCUT2D eigenvalue weighted by Gasteiger charge is -2.12. The molecular formula is C10H16F3N3O2. The molecule has 0 fully saturated rings. The van der Waals surface area contributed by atoms with Gasteiger partial charge in [0.25, 0.3) is 0 Å². The molecule has 0 spiro atoms. The Hall–Kier alpha value is -1.15. The average molecular weight is 267 g/mol. The molecule has 1 atom stereocenters. The fourth-order valence-corrected chi connectivity index (χ4v) is 1.43. The second-order valence-electron chi connectivity index (χ2n) is 3.89. The molecule has 1 N–H and O–H groups in total. The van der Waals surface area contributed by atoms with E-state index in [1.54, 1.807) is 4.68 Å². The van der Waals surface area contributed by atoms with Crippen LogP contribution in [0.2, 0.25) is 0 Å². The minimum atomic E-state index is -4.37. The molecule has 0 aromatic carbocycles. The van der Waals surface area contributed by atoms with Crippen molar-refractivity contribution in [1.29, 1.82) is 0 Å². The van der Waals surface area contributed by atoms with Gasteiger partial charge in [0.2, 0.25) is 0 Å². The third-order valence-electron chi connectivity index (χ3n) is 2.13. The number of ether oxygens (including phenoxy) is 1. The van der Waals surface area contributed by atoms with Gasteiger partial charge >= 0.3 is 6.18 Å². The van der Waals surface area contributed by atoms with E-state index in [0.29, 0.717) is 12.4 Å². The first-order valence-electron chi connectivity index (χ1n) is 5.61. The summed E-state index contributed by atoms with van der Waals surface area (Å²) in [5.41, 5.74) is 0. The maximum absolute atomic E-state index is 11.8. The summed E-state index contributed by atoms with van der Waals surface area (Å²) in [4.78, 5) is 3.95. The molecule has 0 amide bonds. The number of aryl methyl sites for hydroxylation is 1. The molecule has 0 aliphatic heterocycles. The summed E-state index contributed by atoms with van der Waals surface area (Å²) in [5.74, 6) is 0.542. The zero-order chi connectivity index (χ0) is 13.6. The number of rotatable bonds is 7. The van der Waals surface area contributed by atoms with Crippen LogP contribution in [0.1, 0.15) is 19.2 Å². The van der Waals surface area contributed by atoms with Crippen LogP contribution in [-0.4, -0.2) is 45.4 Å². The van der Waals surface area contributed by atoms with E-state index in [-0.39, 0.29) is 13.0 Å². The van der Waals surface area contributed by atoms with E-state index in [4.69, 9.17) is 0 Å². The normalized spacial score (nSPS) is 13.8. The number of halogens is 3. The van der Waals surface area contributed by atoms with Gasteiger partial charge in [-0.1, -0.05) is 6.92 Å². The minimum absolute atomic E-state index is 0.123. The van der Waals surface area contributed by atoms with Crippen LogP contribution < -0.4 is 0 Å². The Morgan fingerprint density at radius 2 is 2.22 bits per heavy atom. The Bertz CT molecular complexity index is 354. The number of nitrogens with zero attached hydrogens (tertiary/aromatic N) is 3. The lowest BCUT2D eigenvalue weighted by atomic mass is 10.2. The van der Waals surface area contributed by atoms with Crippen molar-refractivity contribution in [2.45, 2.75) is 38.6 Å². The SMILES string of the molecule is CCCn1ncnc1CC(O)COCC(F)(F)F. The van der Waals surface area contributed by atoms with Crippen LogP contribution in [0.25, 0.3) is 0 Å². The molecule has 0 aliphatic rings. The second kappa shape index (κ2) is 6.69. The monoisotopic (exact) mass is 267 g/mol. The van der Waals surface area contributed by atoms with Gasteiger partial charge in [0, 0.05) is 13.0 Å². The van der Waals surface area contributed by atoms with Crippen LogP contribution >= 0.6 is 0 Å². The average Bonchev–Trinajstić information content (AvgIpc) is 2.64. The second-order valence-corrected chi connectivity index (χ2v) is 3.89. The van der Waals surface area contributed by atoms with E-state index in [9.17, 15) is 18.3 Å². The Labute approximate surface area is 103 Å². The van der Waals surface area contributed by atoms with Gasteiger partial charge in [-0.15, -0.1) is 0 Å². The van der Waals surface area contributed by atoms with E-state index in [1.165, 1.54) is 6.33 Å². The molecule has 0 saturated heterocycles. The van der Waals surface area contributed by atoms with Crippen molar-refractivity contribution in [2.75, 3.05) is 13.2 Å². The van der Waals surface area contributed by atoms with Crippen LogP contribution in [-0.2, 0) is 17.7 Å². The maximum atomic E-state index is 11.8. The number of alkyl halides is 3. The van der Waals surface area contributed by atoms with Gasteiger partial charge in [-0.3, -0.25) is 4.68 Å². The van der Waals surface area contributed by atoms with Gasteiger partial charge in [-0.2, -0.15) is 18.3 Å². The van der Waals surface area contributed by atoms with Gasteiger partial charge in [0.1, 0.15) is 18.8 Å². The molecule has 1 unspecified atom stereocenters. The van der Waals surface area contributed by atoms with Gasteiger partial charge in [-0.05, 0) is 6.42 Å². The molecule has 1 aromatic rings. The Morgan fingerprint density at radius 1 is 1.50 bits per heavy atom. The molecular weight excluding hydrogens is 251 g/mol. The Morgan fingerprint density at radius 3 is 2.83 bits per heavy atom. The molecule has 1 rings (SSSR count). The van der Waals surface area contributed by atoms with Crippen LogP contribution in [0.15, 0.2) is 6.33 Å². The number of aliphatic hydroxyl groups excluding tert-OH is 1. The van der Waals surface area contributed by atoms with Crippen LogP contribution in [0.3, 0.4) is 0 Å². The van der Waals surface area contributed by atoms with Crippen molar-refractivity contribution in [1.82, 2.24) is 14.8 Å². The zero-order valence-electron chi connectivity index (χ0n) is 10.0. The predicted molar refractivity (Wildman–Crippen MR) is 56.9 cm³/mol. The van der Waals surface area contributed by atoms with Crippen molar-refractivity contribution in [3.63, 3.8) is 0 Å². The van der Waals surface area contributed by atoms with Gasteiger partial charge < -0.3 is 9.84 Å². The van der Waals surface area contributed by atoms with Crippen molar-refractivity contribution in [3.05, 3.63) is 12.2 Å². The molecule has 0 aliphatic carbocycles. The summed E-state index contributed by atoms with van der Waals surface area (Å²) in [6.07, 6.45) is -3.06. The summed E-state index contributed by atoms with van der Waals surface area (Å²) >= 11 is 0. The predicted octanol–water partition coefficient (Wildman–Crippen LogP) is 1.17. The van der Waals surface area contributed by atoms with E-state index in [0.717, 1.165) is 6.42 Å². The van der Waals surface area contributed by atoms with Crippen LogP contribution in [0, 0.1) is 0 Å². The lowest BCUT2D eigenvalue weighted by Crippen LogP contribution is -2.25. The topological polar surface area (TPSA) is 60.2 Å². The van der Waals surface area contributed by atoms with Gasteiger partial charge in [0.15, 0.2) is 0 Å². The molecule has 0 radical (unpaired) electrons. The van der Waals surface area contributed by atoms with Gasteiger partial charge in [-0.25, -0.2) is 4.98 Å². The molecule has 0 saturated carbocycles. The summed E-state index contributed by atoms with van der Waals surface area (Å²) in [7, 11) is 0. The van der Waals surface area contributed by atoms with E-state index in [2.05, 4.69) is 14.8 Å². The van der Waals surface area contributed by atoms with E-state index in [1.807, 2.05) is 6.92 Å². The number of hydrogen-bond acceptors (Lipinski definition) is 4. The van der Waals surface area contributed by atoms with E-state index < -0.39 is 18.9 Å². The summed E-state index contributed by atoms with van der Waals surface area (Å²) < 4.78 is 41.4. The molecule has 5 nitrogen and oxygen atoms in total. The quantitative estimate of drug-likeness (QED) is 0.805. The maximum Gasteiger partial charge on any atom is 0.411 e. The highest BCUT2D eigenvalue weighted by Gasteiger charge is 2.27. The smallest absolute Gasteiger partial charge is 0.390 e. The Kier molecular flexibility index (Phi) is 5.54. The fourth-order valence-electron chi connectivity index (χ4n) is 1.43. The van der Waals surface area contributed by atoms with Crippen molar-refractivity contribution in [2.24, 2.45) is 0 Å². The van der Waals surface area contributed by atoms with Crippen molar-refractivity contribution >= 4 is 0 Å². The number of aliphatic hydroxyl groups is 1. The first-order valence-corrected chi connectivity index (χ1v) is 5.61.